The summed E-state index contributed by atoms with van der Waals surface area (Å²) in [5, 5.41) is 3.04. The Bertz CT molecular complexity index is 1220. The number of benzene rings is 3. The van der Waals surface area contributed by atoms with Gasteiger partial charge in [-0.05, 0) is 59.9 Å². The molecule has 0 radical (unpaired) electrons. The molecule has 0 unspecified atom stereocenters. The van der Waals surface area contributed by atoms with Crippen molar-refractivity contribution in [3.63, 3.8) is 0 Å². The molecule has 6 nitrogen and oxygen atoms in total. The van der Waals surface area contributed by atoms with Crippen LogP contribution in [0, 0.1) is 0 Å². The van der Waals surface area contributed by atoms with Crippen molar-refractivity contribution in [2.24, 2.45) is 0 Å². The van der Waals surface area contributed by atoms with Gasteiger partial charge >= 0.3 is 0 Å². The van der Waals surface area contributed by atoms with Crippen LogP contribution >= 0.6 is 0 Å². The summed E-state index contributed by atoms with van der Waals surface area (Å²) in [5.41, 5.74) is 6.71. The third kappa shape index (κ3) is 5.44. The van der Waals surface area contributed by atoms with Crippen LogP contribution in [0.3, 0.4) is 0 Å². The van der Waals surface area contributed by atoms with Crippen LogP contribution in [0.5, 0.6) is 0 Å². The zero-order valence-corrected chi connectivity index (χ0v) is 21.0. The summed E-state index contributed by atoms with van der Waals surface area (Å²) in [6.45, 7) is 6.96. The monoisotopic (exact) mass is 482 g/mol. The number of aryl methyl sites for hydroxylation is 1. The van der Waals surface area contributed by atoms with E-state index in [0.717, 1.165) is 48.4 Å². The van der Waals surface area contributed by atoms with Gasteiger partial charge in [-0.1, -0.05) is 49.4 Å². The standard InChI is InChI=1S/C30H34N4O2/c1-2-23-7-5-6-10-28(23)31-29(35)22-32-17-19-33(20-18-32)30(36)25-11-13-27(14-12-25)34-16-15-24-8-3-4-9-26(24)21-34/h3-14H,2,15-22H2,1H3,(H,31,35). The molecule has 2 aliphatic heterocycles. The lowest BCUT2D eigenvalue weighted by atomic mass is 9.99. The maximum atomic E-state index is 13.1. The van der Waals surface area contributed by atoms with Crippen LogP contribution in [0.25, 0.3) is 0 Å². The number of carbonyl (C=O) groups is 2. The summed E-state index contributed by atoms with van der Waals surface area (Å²) in [7, 11) is 0. The van der Waals surface area contributed by atoms with Crippen LogP contribution in [-0.4, -0.2) is 60.9 Å². The molecule has 0 aliphatic carbocycles. The summed E-state index contributed by atoms with van der Waals surface area (Å²) in [5.74, 6) is 0.0538. The van der Waals surface area contributed by atoms with Crippen LogP contribution in [0.1, 0.15) is 34.0 Å². The van der Waals surface area contributed by atoms with Gasteiger partial charge in [-0.15, -0.1) is 0 Å². The average molecular weight is 483 g/mol. The average Bonchev–Trinajstić information content (AvgIpc) is 2.93. The molecule has 0 saturated carbocycles. The second-order valence-electron chi connectivity index (χ2n) is 9.61. The van der Waals surface area contributed by atoms with Crippen LogP contribution in [0.4, 0.5) is 11.4 Å². The molecule has 2 heterocycles. The van der Waals surface area contributed by atoms with E-state index in [1.807, 2.05) is 41.3 Å². The molecule has 3 aromatic rings. The lowest BCUT2D eigenvalue weighted by Gasteiger charge is -2.34. The van der Waals surface area contributed by atoms with E-state index in [1.165, 1.54) is 11.1 Å². The van der Waals surface area contributed by atoms with E-state index >= 15 is 0 Å². The van der Waals surface area contributed by atoms with Crippen molar-refractivity contribution in [2.45, 2.75) is 26.3 Å². The molecule has 2 aliphatic rings. The highest BCUT2D eigenvalue weighted by Gasteiger charge is 2.24. The number of carbonyl (C=O) groups excluding carboxylic acids is 2. The third-order valence-electron chi connectivity index (χ3n) is 7.31. The Morgan fingerprint density at radius 2 is 1.50 bits per heavy atom. The number of piperazine rings is 1. The van der Waals surface area contributed by atoms with E-state index in [9.17, 15) is 9.59 Å². The molecule has 186 valence electrons. The Labute approximate surface area is 213 Å². The van der Waals surface area contributed by atoms with Crippen LogP contribution in [0.15, 0.2) is 72.8 Å². The first kappa shape index (κ1) is 24.1. The smallest absolute Gasteiger partial charge is 0.253 e. The number of para-hydroxylation sites is 1. The first-order chi connectivity index (χ1) is 17.6. The number of fused-ring (bicyclic) bond motifs is 1. The highest BCUT2D eigenvalue weighted by Crippen LogP contribution is 2.25. The summed E-state index contributed by atoms with van der Waals surface area (Å²) >= 11 is 0. The number of nitrogens with one attached hydrogen (secondary N) is 1. The zero-order valence-electron chi connectivity index (χ0n) is 21.0. The number of rotatable bonds is 6. The first-order valence-electron chi connectivity index (χ1n) is 12.9. The van der Waals surface area contributed by atoms with Gasteiger partial charge in [-0.2, -0.15) is 0 Å². The van der Waals surface area contributed by atoms with Crippen LogP contribution in [0.2, 0.25) is 0 Å². The van der Waals surface area contributed by atoms with Gasteiger partial charge in [0.2, 0.25) is 5.91 Å². The molecule has 5 rings (SSSR count). The van der Waals surface area contributed by atoms with Gasteiger partial charge in [0.05, 0.1) is 6.54 Å². The Morgan fingerprint density at radius 1 is 0.806 bits per heavy atom. The van der Waals surface area contributed by atoms with Crippen LogP contribution in [-0.2, 0) is 24.2 Å². The van der Waals surface area contributed by atoms with E-state index in [4.69, 9.17) is 0 Å². The molecule has 0 bridgehead atoms. The minimum atomic E-state index is -0.00778. The highest BCUT2D eigenvalue weighted by atomic mass is 16.2. The molecule has 1 N–H and O–H groups in total. The molecule has 0 aromatic heterocycles. The van der Waals surface area contributed by atoms with E-state index in [2.05, 4.69) is 58.4 Å². The maximum absolute atomic E-state index is 13.1. The van der Waals surface area contributed by atoms with Gasteiger partial charge in [0.1, 0.15) is 0 Å². The second-order valence-corrected chi connectivity index (χ2v) is 9.61. The van der Waals surface area contributed by atoms with Gasteiger partial charge in [0, 0.05) is 56.2 Å². The van der Waals surface area contributed by atoms with Gasteiger partial charge in [0.25, 0.3) is 5.91 Å². The molecular weight excluding hydrogens is 448 g/mol. The molecular formula is C30H34N4O2. The summed E-state index contributed by atoms with van der Waals surface area (Å²) in [6, 6.07) is 24.6. The molecule has 6 heteroatoms. The van der Waals surface area contributed by atoms with E-state index in [-0.39, 0.29) is 11.8 Å². The fourth-order valence-electron chi connectivity index (χ4n) is 5.17. The lowest BCUT2D eigenvalue weighted by Crippen LogP contribution is -2.50. The number of amides is 2. The van der Waals surface area contributed by atoms with Gasteiger partial charge < -0.3 is 15.1 Å². The summed E-state index contributed by atoms with van der Waals surface area (Å²) in [4.78, 5) is 32.1. The minimum absolute atomic E-state index is 0.00778. The van der Waals surface area contributed by atoms with Crippen molar-refractivity contribution in [3.05, 3.63) is 95.1 Å². The van der Waals surface area contributed by atoms with E-state index in [1.54, 1.807) is 0 Å². The van der Waals surface area contributed by atoms with Crippen molar-refractivity contribution in [1.29, 1.82) is 0 Å². The number of nitrogens with zero attached hydrogens (tertiary/aromatic N) is 3. The molecule has 1 fully saturated rings. The second kappa shape index (κ2) is 11.0. The Hall–Kier alpha value is -3.64. The Balaban J connectivity index is 1.12. The first-order valence-corrected chi connectivity index (χ1v) is 12.9. The normalized spacial score (nSPS) is 15.9. The predicted octanol–water partition coefficient (Wildman–Crippen LogP) is 4.21. The largest absolute Gasteiger partial charge is 0.367 e. The Morgan fingerprint density at radius 3 is 2.25 bits per heavy atom. The fraction of sp³-hybridized carbons (Fsp3) is 0.333. The van der Waals surface area contributed by atoms with Crippen molar-refractivity contribution in [1.82, 2.24) is 9.80 Å². The molecule has 1 saturated heterocycles. The van der Waals surface area contributed by atoms with Crippen molar-refractivity contribution >= 4 is 23.2 Å². The number of hydrogen-bond acceptors (Lipinski definition) is 4. The molecule has 0 spiro atoms. The van der Waals surface area contributed by atoms with E-state index < -0.39 is 0 Å². The maximum Gasteiger partial charge on any atom is 0.253 e. The van der Waals surface area contributed by atoms with Gasteiger partial charge in [-0.3, -0.25) is 14.5 Å². The molecule has 2 amide bonds. The predicted molar refractivity (Wildman–Crippen MR) is 144 cm³/mol. The SMILES string of the molecule is CCc1ccccc1NC(=O)CN1CCN(C(=O)c2ccc(N3CCc4ccccc4C3)cc2)CC1. The Kier molecular flexibility index (Phi) is 7.33. The summed E-state index contributed by atoms with van der Waals surface area (Å²) in [6.07, 6.45) is 1.93. The van der Waals surface area contributed by atoms with Crippen molar-refractivity contribution in [3.8, 4) is 0 Å². The molecule has 0 atom stereocenters. The molecule has 36 heavy (non-hydrogen) atoms. The zero-order chi connectivity index (χ0) is 24.9. The van der Waals surface area contributed by atoms with Crippen LogP contribution < -0.4 is 10.2 Å². The minimum Gasteiger partial charge on any atom is -0.367 e. The van der Waals surface area contributed by atoms with Gasteiger partial charge in [-0.25, -0.2) is 0 Å². The van der Waals surface area contributed by atoms with Crippen molar-refractivity contribution in [2.75, 3.05) is 49.5 Å². The number of anilines is 2. The van der Waals surface area contributed by atoms with E-state index in [0.29, 0.717) is 32.7 Å². The number of hydrogen-bond donors (Lipinski definition) is 1. The fourth-order valence-corrected chi connectivity index (χ4v) is 5.17. The topological polar surface area (TPSA) is 55.9 Å². The van der Waals surface area contributed by atoms with Gasteiger partial charge in [0.15, 0.2) is 0 Å². The summed E-state index contributed by atoms with van der Waals surface area (Å²) < 4.78 is 0. The third-order valence-corrected chi connectivity index (χ3v) is 7.31. The quantitative estimate of drug-likeness (QED) is 0.572. The highest BCUT2D eigenvalue weighted by molar-refractivity contribution is 5.95. The molecule has 3 aromatic carbocycles. The lowest BCUT2D eigenvalue weighted by molar-refractivity contribution is -0.117. The van der Waals surface area contributed by atoms with Crippen molar-refractivity contribution < 1.29 is 9.59 Å².